The summed E-state index contributed by atoms with van der Waals surface area (Å²) in [4.78, 5) is 0.197. The van der Waals surface area contributed by atoms with Crippen LogP contribution in [0.2, 0.25) is 0 Å². The molecule has 0 atom stereocenters. The molecule has 0 radical (unpaired) electrons. The summed E-state index contributed by atoms with van der Waals surface area (Å²) in [5, 5.41) is 0. The van der Waals surface area contributed by atoms with Gasteiger partial charge in [0, 0.05) is 11.1 Å². The van der Waals surface area contributed by atoms with Gasteiger partial charge in [0.15, 0.2) is 0 Å². The van der Waals surface area contributed by atoms with E-state index in [9.17, 15) is 8.42 Å². The van der Waals surface area contributed by atoms with E-state index < -0.39 is 10.0 Å². The monoisotopic (exact) mass is 447 g/mol. The summed E-state index contributed by atoms with van der Waals surface area (Å²) in [5.41, 5.74) is 2.67. The topological polar surface area (TPSA) is 37.4 Å². The zero-order chi connectivity index (χ0) is 23.4. The Morgan fingerprint density at radius 1 is 0.636 bits per heavy atom. The van der Waals surface area contributed by atoms with Crippen LogP contribution in [0.4, 0.5) is 0 Å². The lowest BCUT2D eigenvalue weighted by molar-refractivity contribution is 0.482. The van der Waals surface area contributed by atoms with Gasteiger partial charge < -0.3 is 0 Å². The van der Waals surface area contributed by atoms with E-state index in [4.69, 9.17) is 0 Å². The van der Waals surface area contributed by atoms with Crippen LogP contribution in [0, 0.1) is 54.3 Å². The Morgan fingerprint density at radius 3 is 1.55 bits per heavy atom. The standard InChI is InChI=1S/C29H21NO2S/c1-26-20-22-29(23-21-26)33(31,32)30(24-12-4-10-18-27-14-6-2-7-15-27)25-13-5-11-19-28-16-8-3-9-17-28/h2-3,6-9,14-17,20-23H,24-25H2,1H3. The molecule has 0 saturated heterocycles. The largest absolute Gasteiger partial charge is 0.244 e. The third-order valence-electron chi connectivity index (χ3n) is 4.43. The number of aryl methyl sites for hydroxylation is 1. The molecule has 0 fully saturated rings. The van der Waals surface area contributed by atoms with Crippen molar-refractivity contribution >= 4 is 10.0 Å². The van der Waals surface area contributed by atoms with Gasteiger partial charge >= 0.3 is 0 Å². The first kappa shape index (κ1) is 23.5. The summed E-state index contributed by atoms with van der Waals surface area (Å²) in [6.07, 6.45) is 0. The van der Waals surface area contributed by atoms with Crippen LogP contribution in [0.5, 0.6) is 0 Å². The number of rotatable bonds is 4. The van der Waals surface area contributed by atoms with Gasteiger partial charge in [0.1, 0.15) is 0 Å². The minimum Gasteiger partial charge on any atom is -0.207 e. The second-order valence-corrected chi connectivity index (χ2v) is 8.86. The SMILES string of the molecule is Cc1ccc(S(=O)(=O)N(CC#CC#Cc2ccccc2)CC#CC#Cc2ccccc2)cc1. The molecule has 0 saturated carbocycles. The molecule has 3 aromatic carbocycles. The van der Waals surface area contributed by atoms with Crippen molar-refractivity contribution in [2.75, 3.05) is 13.1 Å². The van der Waals surface area contributed by atoms with E-state index in [0.29, 0.717) is 0 Å². The fourth-order valence-corrected chi connectivity index (χ4v) is 3.93. The van der Waals surface area contributed by atoms with Gasteiger partial charge in [-0.05, 0) is 67.0 Å². The van der Waals surface area contributed by atoms with Gasteiger partial charge in [0.25, 0.3) is 0 Å². The highest BCUT2D eigenvalue weighted by atomic mass is 32.2. The highest BCUT2D eigenvalue weighted by Gasteiger charge is 2.22. The van der Waals surface area contributed by atoms with Crippen LogP contribution in [0.3, 0.4) is 0 Å². The van der Waals surface area contributed by atoms with Crippen LogP contribution in [-0.4, -0.2) is 25.8 Å². The maximum absolute atomic E-state index is 13.1. The zero-order valence-corrected chi connectivity index (χ0v) is 19.0. The summed E-state index contributed by atoms with van der Waals surface area (Å²) < 4.78 is 27.5. The van der Waals surface area contributed by atoms with Gasteiger partial charge in [-0.1, -0.05) is 77.8 Å². The summed E-state index contributed by atoms with van der Waals surface area (Å²) in [7, 11) is -3.76. The third-order valence-corrected chi connectivity index (χ3v) is 6.24. The first-order chi connectivity index (χ1) is 16.1. The fraction of sp³-hybridized carbons (Fsp3) is 0.103. The van der Waals surface area contributed by atoms with Crippen molar-refractivity contribution in [1.82, 2.24) is 4.31 Å². The minimum absolute atomic E-state index is 0.0273. The lowest BCUT2D eigenvalue weighted by atomic mass is 10.2. The van der Waals surface area contributed by atoms with Gasteiger partial charge in [-0.25, -0.2) is 8.42 Å². The van der Waals surface area contributed by atoms with E-state index in [2.05, 4.69) is 47.4 Å². The van der Waals surface area contributed by atoms with Crippen molar-refractivity contribution in [2.24, 2.45) is 0 Å². The highest BCUT2D eigenvalue weighted by molar-refractivity contribution is 7.89. The second kappa shape index (κ2) is 12.0. The molecule has 0 spiro atoms. The normalized spacial score (nSPS) is 9.76. The van der Waals surface area contributed by atoms with Crippen molar-refractivity contribution in [3.05, 3.63) is 102 Å². The molecule has 0 N–H and O–H groups in total. The van der Waals surface area contributed by atoms with E-state index >= 15 is 0 Å². The maximum Gasteiger partial charge on any atom is 0.244 e. The number of hydrogen-bond acceptors (Lipinski definition) is 2. The first-order valence-electron chi connectivity index (χ1n) is 10.2. The molecule has 0 aromatic heterocycles. The van der Waals surface area contributed by atoms with Crippen molar-refractivity contribution in [2.45, 2.75) is 11.8 Å². The Kier molecular flexibility index (Phi) is 8.54. The van der Waals surface area contributed by atoms with Crippen molar-refractivity contribution in [1.29, 1.82) is 0 Å². The summed E-state index contributed by atoms with van der Waals surface area (Å²) in [5.74, 6) is 22.5. The summed E-state index contributed by atoms with van der Waals surface area (Å²) in [6.45, 7) is 1.85. The molecule has 0 amide bonds. The third kappa shape index (κ3) is 7.47. The lowest BCUT2D eigenvalue weighted by Gasteiger charge is -2.17. The zero-order valence-electron chi connectivity index (χ0n) is 18.2. The second-order valence-electron chi connectivity index (χ2n) is 6.92. The quantitative estimate of drug-likeness (QED) is 0.565. The van der Waals surface area contributed by atoms with E-state index in [1.165, 1.54) is 4.31 Å². The van der Waals surface area contributed by atoms with Crippen LogP contribution >= 0.6 is 0 Å². The van der Waals surface area contributed by atoms with Gasteiger partial charge in [-0.15, -0.1) is 0 Å². The number of sulfonamides is 1. The van der Waals surface area contributed by atoms with E-state index in [1.807, 2.05) is 67.6 Å². The molecule has 3 rings (SSSR count). The van der Waals surface area contributed by atoms with Gasteiger partial charge in [0.2, 0.25) is 10.0 Å². The van der Waals surface area contributed by atoms with Crippen molar-refractivity contribution < 1.29 is 8.42 Å². The average Bonchev–Trinajstić information content (AvgIpc) is 2.84. The molecule has 33 heavy (non-hydrogen) atoms. The average molecular weight is 448 g/mol. The number of nitrogens with zero attached hydrogens (tertiary/aromatic N) is 1. The molecular formula is C29H21NO2S. The predicted molar refractivity (Wildman–Crippen MR) is 132 cm³/mol. The lowest BCUT2D eigenvalue weighted by Crippen LogP contribution is -2.32. The minimum atomic E-state index is -3.76. The van der Waals surface area contributed by atoms with Crippen LogP contribution < -0.4 is 0 Å². The van der Waals surface area contributed by atoms with E-state index in [0.717, 1.165) is 16.7 Å². The summed E-state index contributed by atoms with van der Waals surface area (Å²) in [6, 6.07) is 25.6. The van der Waals surface area contributed by atoms with Crippen LogP contribution in [-0.2, 0) is 10.0 Å². The smallest absolute Gasteiger partial charge is 0.207 e. The molecule has 3 nitrogen and oxygen atoms in total. The van der Waals surface area contributed by atoms with Crippen LogP contribution in [0.25, 0.3) is 0 Å². The number of hydrogen-bond donors (Lipinski definition) is 0. The van der Waals surface area contributed by atoms with Gasteiger partial charge in [-0.2, -0.15) is 4.31 Å². The predicted octanol–water partition coefficient (Wildman–Crippen LogP) is 4.10. The first-order valence-corrected chi connectivity index (χ1v) is 11.6. The van der Waals surface area contributed by atoms with Crippen LogP contribution in [0.15, 0.2) is 89.8 Å². The fourth-order valence-electron chi connectivity index (χ4n) is 2.68. The molecule has 0 unspecified atom stereocenters. The Hall–Kier alpha value is -4.19. The molecule has 4 heteroatoms. The molecule has 0 heterocycles. The van der Waals surface area contributed by atoms with E-state index in [1.54, 1.807) is 24.3 Å². The summed E-state index contributed by atoms with van der Waals surface area (Å²) >= 11 is 0. The Bertz CT molecular complexity index is 1350. The Morgan fingerprint density at radius 2 is 1.09 bits per heavy atom. The van der Waals surface area contributed by atoms with Crippen molar-refractivity contribution in [3.63, 3.8) is 0 Å². The Balaban J connectivity index is 1.77. The maximum atomic E-state index is 13.1. The molecular weight excluding hydrogens is 426 g/mol. The Labute approximate surface area is 196 Å². The van der Waals surface area contributed by atoms with Gasteiger partial charge in [-0.3, -0.25) is 0 Å². The molecule has 0 aliphatic heterocycles. The van der Waals surface area contributed by atoms with Crippen LogP contribution in [0.1, 0.15) is 16.7 Å². The highest BCUT2D eigenvalue weighted by Crippen LogP contribution is 2.15. The van der Waals surface area contributed by atoms with Gasteiger partial charge in [0.05, 0.1) is 18.0 Å². The molecule has 0 aliphatic rings. The van der Waals surface area contributed by atoms with E-state index in [-0.39, 0.29) is 18.0 Å². The molecule has 3 aromatic rings. The number of benzene rings is 3. The molecule has 160 valence electrons. The molecule has 0 bridgehead atoms. The van der Waals surface area contributed by atoms with Crippen molar-refractivity contribution in [3.8, 4) is 47.4 Å². The molecule has 0 aliphatic carbocycles.